The van der Waals surface area contributed by atoms with Crippen LogP contribution in [0.25, 0.3) is 23.0 Å². The highest BCUT2D eigenvalue weighted by Gasteiger charge is 2.41. The van der Waals surface area contributed by atoms with Gasteiger partial charge in [-0.05, 0) is 42.2 Å². The molecule has 0 unspecified atom stereocenters. The van der Waals surface area contributed by atoms with Crippen LogP contribution < -0.4 is 0 Å². The second-order valence-electron chi connectivity index (χ2n) is 10.3. The fourth-order valence-electron chi connectivity index (χ4n) is 5.17. The Bertz CT molecular complexity index is 1700. The summed E-state index contributed by atoms with van der Waals surface area (Å²) in [6.45, 7) is 0.311. The summed E-state index contributed by atoms with van der Waals surface area (Å²) in [6, 6.07) is 38.0. The molecule has 4 aromatic carbocycles. The van der Waals surface area contributed by atoms with Crippen LogP contribution in [0.15, 0.2) is 133 Å². The number of carbonyl (C=O) groups is 3. The summed E-state index contributed by atoms with van der Waals surface area (Å²) in [5, 5.41) is 4.83. The molecule has 2 heterocycles. The Kier molecular flexibility index (Phi) is 8.04. The van der Waals surface area contributed by atoms with Crippen LogP contribution in [0.1, 0.15) is 16.7 Å². The van der Waals surface area contributed by atoms with Crippen LogP contribution in [0.3, 0.4) is 0 Å². The van der Waals surface area contributed by atoms with Crippen molar-refractivity contribution in [2.24, 2.45) is 0 Å². The van der Waals surface area contributed by atoms with Gasteiger partial charge in [0.15, 0.2) is 0 Å². The third-order valence-electron chi connectivity index (χ3n) is 7.46. The van der Waals surface area contributed by atoms with Crippen molar-refractivity contribution in [3.63, 3.8) is 0 Å². The van der Waals surface area contributed by atoms with Gasteiger partial charge in [-0.3, -0.25) is 19.4 Å². The number of barbiturate groups is 1. The molecule has 1 aliphatic rings. The standard InChI is InChI=1S/C36H30N4O3/c41-34-32(25-30-26-40(31-19-11-4-12-20-31)37-33(30)29-17-9-3-10-18-29)35(42)39(24-22-28-15-7-2-8-16-28)36(43)38(34)23-21-27-13-5-1-6-14-27/h1-20,25-26H,21-24H2. The zero-order valence-corrected chi connectivity index (χ0v) is 23.5. The predicted molar refractivity (Wildman–Crippen MR) is 166 cm³/mol. The van der Waals surface area contributed by atoms with E-state index in [0.717, 1.165) is 22.4 Å². The van der Waals surface area contributed by atoms with Gasteiger partial charge in [0.1, 0.15) is 5.57 Å². The third kappa shape index (κ3) is 6.06. The number of nitrogens with zero attached hydrogens (tertiary/aromatic N) is 4. The minimum Gasteiger partial charge on any atom is -0.268 e. The van der Waals surface area contributed by atoms with Crippen molar-refractivity contribution in [1.82, 2.24) is 19.6 Å². The topological polar surface area (TPSA) is 75.5 Å². The summed E-state index contributed by atoms with van der Waals surface area (Å²) in [5.41, 5.74) is 4.85. The van der Waals surface area contributed by atoms with Crippen molar-refractivity contribution < 1.29 is 14.4 Å². The Morgan fingerprint density at radius 1 is 0.581 bits per heavy atom. The fraction of sp³-hybridized carbons (Fsp3) is 0.111. The Hall–Kier alpha value is -5.56. The van der Waals surface area contributed by atoms with Gasteiger partial charge in [0.2, 0.25) is 0 Å². The van der Waals surface area contributed by atoms with Gasteiger partial charge in [-0.2, -0.15) is 5.10 Å². The van der Waals surface area contributed by atoms with Gasteiger partial charge in [0, 0.05) is 30.4 Å². The van der Waals surface area contributed by atoms with E-state index in [1.807, 2.05) is 128 Å². The molecule has 1 saturated heterocycles. The molecule has 0 aliphatic carbocycles. The molecule has 212 valence electrons. The Morgan fingerprint density at radius 2 is 1.05 bits per heavy atom. The van der Waals surface area contributed by atoms with E-state index in [1.165, 1.54) is 9.80 Å². The molecule has 0 bridgehead atoms. The molecule has 0 atom stereocenters. The number of hydrogen-bond donors (Lipinski definition) is 0. The fourth-order valence-corrected chi connectivity index (χ4v) is 5.17. The molecule has 1 aromatic heterocycles. The maximum absolute atomic E-state index is 13.9. The zero-order valence-electron chi connectivity index (χ0n) is 23.5. The average Bonchev–Trinajstić information content (AvgIpc) is 3.49. The molecule has 7 nitrogen and oxygen atoms in total. The lowest BCUT2D eigenvalue weighted by molar-refractivity contribution is -0.135. The van der Waals surface area contributed by atoms with Crippen molar-refractivity contribution in [3.05, 3.63) is 150 Å². The van der Waals surface area contributed by atoms with Crippen LogP contribution in [0.5, 0.6) is 0 Å². The van der Waals surface area contributed by atoms with Gasteiger partial charge in [-0.25, -0.2) is 9.48 Å². The lowest BCUT2D eigenvalue weighted by Crippen LogP contribution is -2.57. The first-order valence-corrected chi connectivity index (χ1v) is 14.3. The first kappa shape index (κ1) is 27.6. The van der Waals surface area contributed by atoms with Crippen LogP contribution in [-0.4, -0.2) is 50.5 Å². The molecule has 0 radical (unpaired) electrons. The van der Waals surface area contributed by atoms with E-state index >= 15 is 0 Å². The highest BCUT2D eigenvalue weighted by atomic mass is 16.2. The number of urea groups is 1. The van der Waals surface area contributed by atoms with E-state index in [9.17, 15) is 14.4 Å². The first-order valence-electron chi connectivity index (χ1n) is 14.3. The summed E-state index contributed by atoms with van der Waals surface area (Å²) < 4.78 is 1.73. The molecule has 0 saturated carbocycles. The largest absolute Gasteiger partial charge is 0.333 e. The minimum atomic E-state index is -0.603. The quantitative estimate of drug-likeness (QED) is 0.157. The maximum Gasteiger partial charge on any atom is 0.333 e. The van der Waals surface area contributed by atoms with Gasteiger partial charge in [-0.1, -0.05) is 109 Å². The number of benzene rings is 4. The third-order valence-corrected chi connectivity index (χ3v) is 7.46. The monoisotopic (exact) mass is 566 g/mol. The summed E-state index contributed by atoms with van der Waals surface area (Å²) in [5.74, 6) is -1.21. The number of imide groups is 2. The van der Waals surface area contributed by atoms with Crippen molar-refractivity contribution >= 4 is 23.9 Å². The molecule has 6 rings (SSSR count). The van der Waals surface area contributed by atoms with Crippen LogP contribution in [0.2, 0.25) is 0 Å². The summed E-state index contributed by atoms with van der Waals surface area (Å²) in [4.78, 5) is 43.8. The van der Waals surface area contributed by atoms with Crippen LogP contribution in [0, 0.1) is 0 Å². The lowest BCUT2D eigenvalue weighted by atomic mass is 10.0. The van der Waals surface area contributed by atoms with Crippen molar-refractivity contribution in [1.29, 1.82) is 0 Å². The minimum absolute atomic E-state index is 0.0643. The van der Waals surface area contributed by atoms with E-state index in [-0.39, 0.29) is 18.7 Å². The van der Waals surface area contributed by atoms with Gasteiger partial charge < -0.3 is 0 Å². The SMILES string of the molecule is O=C1C(=Cc2cn(-c3ccccc3)nc2-c2ccccc2)C(=O)N(CCc2ccccc2)C(=O)N1CCc1ccccc1. The molecule has 7 heteroatoms. The molecule has 0 N–H and O–H groups in total. The van der Waals surface area contributed by atoms with Crippen LogP contribution in [-0.2, 0) is 22.4 Å². The summed E-state index contributed by atoms with van der Waals surface area (Å²) in [6.07, 6.45) is 4.35. The van der Waals surface area contributed by atoms with E-state index in [1.54, 1.807) is 10.8 Å². The van der Waals surface area contributed by atoms with E-state index in [2.05, 4.69) is 0 Å². The molecule has 5 aromatic rings. The lowest BCUT2D eigenvalue weighted by Gasteiger charge is -2.34. The first-order chi connectivity index (χ1) is 21.1. The average molecular weight is 567 g/mol. The Morgan fingerprint density at radius 3 is 1.56 bits per heavy atom. The molecule has 43 heavy (non-hydrogen) atoms. The van der Waals surface area contributed by atoms with E-state index < -0.39 is 17.8 Å². The van der Waals surface area contributed by atoms with Gasteiger partial charge in [-0.15, -0.1) is 0 Å². The maximum atomic E-state index is 13.9. The molecular weight excluding hydrogens is 536 g/mol. The van der Waals surface area contributed by atoms with Crippen LogP contribution in [0.4, 0.5) is 4.79 Å². The number of rotatable bonds is 9. The number of aromatic nitrogens is 2. The highest BCUT2D eigenvalue weighted by Crippen LogP contribution is 2.28. The van der Waals surface area contributed by atoms with Crippen LogP contribution >= 0.6 is 0 Å². The Balaban J connectivity index is 1.39. The normalized spacial score (nSPS) is 13.5. The van der Waals surface area contributed by atoms with E-state index in [4.69, 9.17) is 5.10 Å². The molecule has 1 fully saturated rings. The molecule has 0 spiro atoms. The summed E-state index contributed by atoms with van der Waals surface area (Å²) in [7, 11) is 0. The molecular formula is C36H30N4O3. The van der Waals surface area contributed by atoms with Gasteiger partial charge in [0.05, 0.1) is 11.4 Å². The van der Waals surface area contributed by atoms with Crippen molar-refractivity contribution in [2.45, 2.75) is 12.8 Å². The van der Waals surface area contributed by atoms with Crippen molar-refractivity contribution in [3.8, 4) is 16.9 Å². The highest BCUT2D eigenvalue weighted by molar-refractivity contribution is 6.31. The number of carbonyl (C=O) groups excluding carboxylic acids is 3. The van der Waals surface area contributed by atoms with Gasteiger partial charge in [0.25, 0.3) is 11.8 Å². The van der Waals surface area contributed by atoms with E-state index in [0.29, 0.717) is 24.1 Å². The number of para-hydroxylation sites is 1. The number of amides is 4. The predicted octanol–water partition coefficient (Wildman–Crippen LogP) is 6.20. The van der Waals surface area contributed by atoms with Gasteiger partial charge >= 0.3 is 6.03 Å². The molecule has 1 aliphatic heterocycles. The number of hydrogen-bond acceptors (Lipinski definition) is 4. The van der Waals surface area contributed by atoms with Crippen molar-refractivity contribution in [2.75, 3.05) is 13.1 Å². The smallest absolute Gasteiger partial charge is 0.268 e. The second-order valence-corrected chi connectivity index (χ2v) is 10.3. The Labute approximate surface area is 250 Å². The zero-order chi connectivity index (χ0) is 29.6. The molecule has 4 amide bonds. The second kappa shape index (κ2) is 12.5. The summed E-state index contributed by atoms with van der Waals surface area (Å²) >= 11 is 0.